The first-order valence-electron chi connectivity index (χ1n) is 5.72. The number of hydrogen-bond donors (Lipinski definition) is 0. The minimum absolute atomic E-state index is 0.157. The summed E-state index contributed by atoms with van der Waals surface area (Å²) in [5.41, 5.74) is 10.4. The summed E-state index contributed by atoms with van der Waals surface area (Å²) in [6.07, 6.45) is 2.09. The van der Waals surface area contributed by atoms with E-state index in [1.54, 1.807) is 4.90 Å². The maximum absolute atomic E-state index is 11.8. The van der Waals surface area contributed by atoms with E-state index >= 15 is 0 Å². The van der Waals surface area contributed by atoms with E-state index in [2.05, 4.69) is 16.1 Å². The summed E-state index contributed by atoms with van der Waals surface area (Å²) >= 11 is 0. The second-order valence-corrected chi connectivity index (χ2v) is 3.98. The number of hydrogen-bond acceptors (Lipinski definition) is 2. The van der Waals surface area contributed by atoms with Gasteiger partial charge in [0.15, 0.2) is 0 Å². The van der Waals surface area contributed by atoms with Crippen molar-refractivity contribution in [3.63, 3.8) is 0 Å². The molecule has 17 heavy (non-hydrogen) atoms. The van der Waals surface area contributed by atoms with Crippen molar-refractivity contribution < 1.29 is 4.79 Å². The quantitative estimate of drug-likeness (QED) is 0.339. The Kier molecular flexibility index (Phi) is 3.62. The number of carbonyl (C=O) groups excluding carboxylic acids is 1. The van der Waals surface area contributed by atoms with Crippen molar-refractivity contribution in [2.24, 2.45) is 5.11 Å². The third kappa shape index (κ3) is 2.57. The van der Waals surface area contributed by atoms with Crippen LogP contribution in [0.2, 0.25) is 0 Å². The van der Waals surface area contributed by atoms with Crippen molar-refractivity contribution in [1.82, 2.24) is 0 Å². The molecule has 1 aliphatic rings. The molecule has 1 heterocycles. The number of anilines is 1. The zero-order chi connectivity index (χ0) is 12.1. The summed E-state index contributed by atoms with van der Waals surface area (Å²) in [6.45, 7) is 1.05. The van der Waals surface area contributed by atoms with Gasteiger partial charge in [0.05, 0.1) is 0 Å². The van der Waals surface area contributed by atoms with Crippen LogP contribution in [0.15, 0.2) is 29.4 Å². The molecule has 0 atom stereocenters. The Hall–Kier alpha value is -2.00. The summed E-state index contributed by atoms with van der Waals surface area (Å²) < 4.78 is 0. The van der Waals surface area contributed by atoms with Crippen molar-refractivity contribution in [3.8, 4) is 0 Å². The monoisotopic (exact) mass is 230 g/mol. The minimum Gasteiger partial charge on any atom is -0.312 e. The molecular formula is C12H14N4O. The van der Waals surface area contributed by atoms with Gasteiger partial charge in [-0.1, -0.05) is 23.3 Å². The van der Waals surface area contributed by atoms with Crippen LogP contribution < -0.4 is 4.90 Å². The lowest BCUT2D eigenvalue weighted by molar-refractivity contribution is -0.118. The highest BCUT2D eigenvalue weighted by atomic mass is 16.2. The molecule has 0 saturated carbocycles. The largest absolute Gasteiger partial charge is 0.312 e. The molecule has 2 rings (SSSR count). The standard InChI is InChI=1S/C12H14N4O/c13-15-14-8-3-9-16-11-5-2-1-4-10(11)6-7-12(16)17/h1-2,4-5H,3,6-9H2. The van der Waals surface area contributed by atoms with Crippen LogP contribution in [-0.4, -0.2) is 19.0 Å². The van der Waals surface area contributed by atoms with E-state index in [4.69, 9.17) is 5.53 Å². The van der Waals surface area contributed by atoms with Crippen molar-refractivity contribution in [1.29, 1.82) is 0 Å². The highest BCUT2D eigenvalue weighted by Gasteiger charge is 2.22. The van der Waals surface area contributed by atoms with E-state index in [-0.39, 0.29) is 5.91 Å². The van der Waals surface area contributed by atoms with Gasteiger partial charge in [0.1, 0.15) is 0 Å². The molecule has 1 aromatic carbocycles. The summed E-state index contributed by atoms with van der Waals surface area (Å²) in [6, 6.07) is 7.97. The molecule has 0 fully saturated rings. The number of azide groups is 1. The SMILES string of the molecule is [N-]=[N+]=NCCCN1C(=O)CCc2ccccc21. The van der Waals surface area contributed by atoms with Crippen LogP contribution in [0.1, 0.15) is 18.4 Å². The second kappa shape index (κ2) is 5.37. The van der Waals surface area contributed by atoms with Crippen LogP contribution >= 0.6 is 0 Å². The summed E-state index contributed by atoms with van der Waals surface area (Å²) in [5, 5.41) is 3.48. The molecule has 88 valence electrons. The van der Waals surface area contributed by atoms with Gasteiger partial charge in [-0.15, -0.1) is 0 Å². The number of nitrogens with zero attached hydrogens (tertiary/aromatic N) is 4. The van der Waals surface area contributed by atoms with Gasteiger partial charge in [-0.3, -0.25) is 4.79 Å². The Labute approximate surface area is 99.7 Å². The van der Waals surface area contributed by atoms with Gasteiger partial charge in [0.25, 0.3) is 0 Å². The van der Waals surface area contributed by atoms with Gasteiger partial charge in [-0.2, -0.15) is 0 Å². The molecule has 5 nitrogen and oxygen atoms in total. The fourth-order valence-electron chi connectivity index (χ4n) is 2.09. The smallest absolute Gasteiger partial charge is 0.227 e. The maximum Gasteiger partial charge on any atom is 0.227 e. The van der Waals surface area contributed by atoms with Gasteiger partial charge in [-0.05, 0) is 30.0 Å². The lowest BCUT2D eigenvalue weighted by Crippen LogP contribution is -2.36. The molecule has 0 radical (unpaired) electrons. The summed E-state index contributed by atoms with van der Waals surface area (Å²) in [4.78, 5) is 16.3. The van der Waals surface area contributed by atoms with Crippen molar-refractivity contribution in [2.75, 3.05) is 18.0 Å². The molecule has 5 heteroatoms. The first-order chi connectivity index (χ1) is 8.33. The van der Waals surface area contributed by atoms with E-state index in [1.807, 2.05) is 18.2 Å². The first-order valence-corrected chi connectivity index (χ1v) is 5.72. The molecule has 0 aliphatic carbocycles. The molecule has 0 unspecified atom stereocenters. The summed E-state index contributed by atoms with van der Waals surface area (Å²) in [7, 11) is 0. The lowest BCUT2D eigenvalue weighted by Gasteiger charge is -2.29. The Morgan fingerprint density at radius 2 is 2.18 bits per heavy atom. The number of rotatable bonds is 4. The van der Waals surface area contributed by atoms with Crippen LogP contribution in [0.4, 0.5) is 5.69 Å². The van der Waals surface area contributed by atoms with Crippen LogP contribution in [0.25, 0.3) is 10.4 Å². The van der Waals surface area contributed by atoms with E-state index in [9.17, 15) is 4.79 Å². The average Bonchev–Trinajstić information content (AvgIpc) is 2.37. The van der Waals surface area contributed by atoms with Crippen LogP contribution in [0.5, 0.6) is 0 Å². The van der Waals surface area contributed by atoms with Crippen molar-refractivity contribution in [2.45, 2.75) is 19.3 Å². The third-order valence-electron chi connectivity index (χ3n) is 2.89. The molecule has 1 aliphatic heterocycles. The first kappa shape index (κ1) is 11.5. The van der Waals surface area contributed by atoms with Gasteiger partial charge in [0, 0.05) is 30.1 Å². The second-order valence-electron chi connectivity index (χ2n) is 3.98. The number of fused-ring (bicyclic) bond motifs is 1. The van der Waals surface area contributed by atoms with E-state index in [1.165, 1.54) is 5.56 Å². The Bertz CT molecular complexity index is 465. The van der Waals surface area contributed by atoms with Crippen LogP contribution in [0.3, 0.4) is 0 Å². The molecule has 0 saturated heterocycles. The van der Waals surface area contributed by atoms with Crippen molar-refractivity contribution in [3.05, 3.63) is 40.3 Å². The number of carbonyl (C=O) groups is 1. The average molecular weight is 230 g/mol. The van der Waals surface area contributed by atoms with E-state index in [0.29, 0.717) is 25.9 Å². The molecule has 0 N–H and O–H groups in total. The number of benzene rings is 1. The van der Waals surface area contributed by atoms with Gasteiger partial charge < -0.3 is 4.90 Å². The zero-order valence-electron chi connectivity index (χ0n) is 9.54. The lowest BCUT2D eigenvalue weighted by atomic mass is 10.0. The van der Waals surface area contributed by atoms with Crippen LogP contribution in [0, 0.1) is 0 Å². The molecule has 1 aromatic rings. The summed E-state index contributed by atoms with van der Waals surface area (Å²) in [5.74, 6) is 0.157. The maximum atomic E-state index is 11.8. The molecule has 0 spiro atoms. The van der Waals surface area contributed by atoms with Gasteiger partial charge >= 0.3 is 0 Å². The normalized spacial score (nSPS) is 14.1. The molecule has 1 amide bonds. The highest BCUT2D eigenvalue weighted by molar-refractivity contribution is 5.96. The van der Waals surface area contributed by atoms with E-state index < -0.39 is 0 Å². The fourth-order valence-corrected chi connectivity index (χ4v) is 2.09. The number of amides is 1. The zero-order valence-corrected chi connectivity index (χ0v) is 9.54. The molecular weight excluding hydrogens is 216 g/mol. The fraction of sp³-hybridized carbons (Fsp3) is 0.417. The Balaban J connectivity index is 2.10. The Morgan fingerprint density at radius 1 is 1.35 bits per heavy atom. The van der Waals surface area contributed by atoms with Crippen molar-refractivity contribution >= 4 is 11.6 Å². The molecule has 0 bridgehead atoms. The predicted molar refractivity (Wildman–Crippen MR) is 65.7 cm³/mol. The predicted octanol–water partition coefficient (Wildman–Crippen LogP) is 2.67. The van der Waals surface area contributed by atoms with Gasteiger partial charge in [-0.25, -0.2) is 0 Å². The van der Waals surface area contributed by atoms with E-state index in [0.717, 1.165) is 12.1 Å². The highest BCUT2D eigenvalue weighted by Crippen LogP contribution is 2.27. The number of aryl methyl sites for hydroxylation is 1. The number of para-hydroxylation sites is 1. The Morgan fingerprint density at radius 3 is 3.00 bits per heavy atom. The topological polar surface area (TPSA) is 69.1 Å². The van der Waals surface area contributed by atoms with Crippen LogP contribution in [-0.2, 0) is 11.2 Å². The molecule has 0 aromatic heterocycles. The minimum atomic E-state index is 0.157. The van der Waals surface area contributed by atoms with Gasteiger partial charge in [0.2, 0.25) is 5.91 Å². The third-order valence-corrected chi connectivity index (χ3v) is 2.89.